The molecule has 2 aromatic rings. The number of nitrogens with zero attached hydrogens (tertiary/aromatic N) is 5. The van der Waals surface area contributed by atoms with E-state index < -0.39 is 5.97 Å². The zero-order chi connectivity index (χ0) is 23.4. The highest BCUT2D eigenvalue weighted by atomic mass is 16.4. The first-order valence-corrected chi connectivity index (χ1v) is 11.9. The number of aromatic carboxylic acids is 1. The van der Waals surface area contributed by atoms with Gasteiger partial charge >= 0.3 is 5.97 Å². The van der Waals surface area contributed by atoms with Gasteiger partial charge in [-0.25, -0.2) is 19.8 Å². The van der Waals surface area contributed by atoms with E-state index in [1.165, 1.54) is 31.2 Å². The van der Waals surface area contributed by atoms with E-state index in [0.717, 1.165) is 19.4 Å². The molecule has 0 spiro atoms. The number of carbonyl (C=O) groups is 1. The van der Waals surface area contributed by atoms with Crippen LogP contribution in [0.25, 0.3) is 0 Å². The Bertz CT molecular complexity index is 978. The van der Waals surface area contributed by atoms with E-state index in [0.29, 0.717) is 36.0 Å². The van der Waals surface area contributed by atoms with Crippen LogP contribution in [-0.4, -0.2) is 59.0 Å². The predicted molar refractivity (Wildman–Crippen MR) is 132 cm³/mol. The second-order valence-corrected chi connectivity index (χ2v) is 9.23. The number of likely N-dealkylation sites (tertiary alicyclic amines) is 1. The molecule has 33 heavy (non-hydrogen) atoms. The quantitative estimate of drug-likeness (QED) is 0.534. The van der Waals surface area contributed by atoms with Crippen LogP contribution in [0.5, 0.6) is 0 Å². The summed E-state index contributed by atoms with van der Waals surface area (Å²) in [4.78, 5) is 28.9. The van der Waals surface area contributed by atoms with Crippen molar-refractivity contribution in [3.05, 3.63) is 41.7 Å². The largest absolute Gasteiger partial charge is 0.475 e. The summed E-state index contributed by atoms with van der Waals surface area (Å²) in [5.74, 6) is -0.0656. The van der Waals surface area contributed by atoms with Gasteiger partial charge in [0.25, 0.3) is 0 Å². The number of aromatic nitrogens is 2. The molecular weight excluding hydrogens is 416 g/mol. The fourth-order valence-electron chi connectivity index (χ4n) is 4.93. The van der Waals surface area contributed by atoms with Crippen LogP contribution in [-0.2, 0) is 0 Å². The molecule has 176 valence electrons. The Labute approximate surface area is 195 Å². The standard InChI is InChI=1S/C25H34N6O2/c1-17(18-12-9-13-18)27-23-21(22(26-2)28-24(29-23)25(32)33)30(3)16-31-15-8-7-14-20(31)19-10-5-4-6-11-19/h4-6,10-11,17-18,20H,2,7-9,12-16H2,1,3H3,(H,32,33)(H,27,28,29)/t17-,20-/m1/s1. The van der Waals surface area contributed by atoms with Crippen LogP contribution in [0, 0.1) is 5.92 Å². The molecule has 2 heterocycles. The number of carboxylic acid groups (broad SMARTS) is 1. The lowest BCUT2D eigenvalue weighted by Gasteiger charge is -2.39. The maximum atomic E-state index is 11.7. The average molecular weight is 451 g/mol. The molecule has 0 radical (unpaired) electrons. The van der Waals surface area contributed by atoms with E-state index >= 15 is 0 Å². The number of carboxylic acids is 1. The summed E-state index contributed by atoms with van der Waals surface area (Å²) >= 11 is 0. The molecule has 0 bridgehead atoms. The molecule has 2 atom stereocenters. The topological polar surface area (TPSA) is 93.9 Å². The van der Waals surface area contributed by atoms with Crippen LogP contribution in [0.15, 0.2) is 35.3 Å². The van der Waals surface area contributed by atoms with E-state index in [-0.39, 0.29) is 11.9 Å². The molecule has 1 aromatic carbocycles. The second kappa shape index (κ2) is 10.3. The lowest BCUT2D eigenvalue weighted by atomic mass is 9.80. The third-order valence-electron chi connectivity index (χ3n) is 7.00. The van der Waals surface area contributed by atoms with Crippen molar-refractivity contribution in [2.75, 3.05) is 30.5 Å². The number of piperidine rings is 1. The van der Waals surface area contributed by atoms with Gasteiger partial charge in [-0.2, -0.15) is 0 Å². The first kappa shape index (κ1) is 23.2. The smallest absolute Gasteiger partial charge is 0.374 e. The van der Waals surface area contributed by atoms with Gasteiger partial charge in [-0.15, -0.1) is 0 Å². The van der Waals surface area contributed by atoms with Gasteiger partial charge in [0.2, 0.25) is 5.82 Å². The fourth-order valence-corrected chi connectivity index (χ4v) is 4.93. The fraction of sp³-hybridized carbons (Fsp3) is 0.520. The minimum Gasteiger partial charge on any atom is -0.475 e. The molecule has 1 saturated carbocycles. The molecule has 2 N–H and O–H groups in total. The SMILES string of the molecule is C=Nc1nc(C(=O)O)nc(N[C@H](C)C2CCC2)c1N(C)CN1CCCC[C@@H]1c1ccccc1. The third-order valence-corrected chi connectivity index (χ3v) is 7.00. The van der Waals surface area contributed by atoms with Crippen LogP contribution < -0.4 is 10.2 Å². The van der Waals surface area contributed by atoms with Crippen LogP contribution in [0.1, 0.15) is 67.7 Å². The summed E-state index contributed by atoms with van der Waals surface area (Å²) in [6, 6.07) is 11.1. The Morgan fingerprint density at radius 3 is 2.64 bits per heavy atom. The summed E-state index contributed by atoms with van der Waals surface area (Å²) in [6.45, 7) is 7.45. The molecule has 1 aliphatic carbocycles. The van der Waals surface area contributed by atoms with Gasteiger partial charge in [0.05, 0.1) is 6.67 Å². The summed E-state index contributed by atoms with van der Waals surface area (Å²) in [7, 11) is 1.99. The number of aliphatic imine (C=N–C) groups is 1. The van der Waals surface area contributed by atoms with E-state index in [1.54, 1.807) is 0 Å². The summed E-state index contributed by atoms with van der Waals surface area (Å²) in [5.41, 5.74) is 2.01. The molecule has 0 amide bonds. The average Bonchev–Trinajstić information content (AvgIpc) is 2.78. The van der Waals surface area contributed by atoms with Crippen LogP contribution in [0.4, 0.5) is 17.3 Å². The number of nitrogens with one attached hydrogen (secondary N) is 1. The van der Waals surface area contributed by atoms with Crippen molar-refractivity contribution in [1.29, 1.82) is 0 Å². The molecule has 2 aliphatic rings. The summed E-state index contributed by atoms with van der Waals surface area (Å²) < 4.78 is 0. The lowest BCUT2D eigenvalue weighted by Crippen LogP contribution is -2.41. The molecule has 1 aromatic heterocycles. The highest BCUT2D eigenvalue weighted by molar-refractivity contribution is 5.87. The van der Waals surface area contributed by atoms with Gasteiger partial charge in [-0.05, 0) is 50.8 Å². The second-order valence-electron chi connectivity index (χ2n) is 9.23. The molecule has 4 rings (SSSR count). The van der Waals surface area contributed by atoms with Crippen molar-refractivity contribution in [3.63, 3.8) is 0 Å². The van der Waals surface area contributed by atoms with E-state index in [4.69, 9.17) is 0 Å². The zero-order valence-corrected chi connectivity index (χ0v) is 19.6. The van der Waals surface area contributed by atoms with Crippen LogP contribution in [0.2, 0.25) is 0 Å². The Morgan fingerprint density at radius 2 is 2.00 bits per heavy atom. The van der Waals surface area contributed by atoms with E-state index in [1.807, 2.05) is 13.1 Å². The minimum atomic E-state index is -1.17. The molecular formula is C25H34N6O2. The van der Waals surface area contributed by atoms with E-state index in [9.17, 15) is 9.90 Å². The first-order chi connectivity index (χ1) is 16.0. The summed E-state index contributed by atoms with van der Waals surface area (Å²) in [6.07, 6.45) is 7.07. The van der Waals surface area contributed by atoms with Crippen molar-refractivity contribution in [3.8, 4) is 0 Å². The monoisotopic (exact) mass is 450 g/mol. The van der Waals surface area contributed by atoms with Gasteiger partial charge in [-0.1, -0.05) is 43.2 Å². The normalized spacial score (nSPS) is 20.0. The predicted octanol–water partition coefficient (Wildman–Crippen LogP) is 4.73. The van der Waals surface area contributed by atoms with Gasteiger partial charge < -0.3 is 15.3 Å². The van der Waals surface area contributed by atoms with E-state index in [2.05, 4.69) is 68.0 Å². The zero-order valence-electron chi connectivity index (χ0n) is 19.6. The number of hydrogen-bond donors (Lipinski definition) is 2. The summed E-state index contributed by atoms with van der Waals surface area (Å²) in [5, 5.41) is 13.0. The molecule has 1 saturated heterocycles. The maximum absolute atomic E-state index is 11.7. The number of hydrogen-bond acceptors (Lipinski definition) is 7. The molecule has 2 fully saturated rings. The minimum absolute atomic E-state index is 0.187. The Balaban J connectivity index is 1.64. The molecule has 0 unspecified atom stereocenters. The molecule has 8 nitrogen and oxygen atoms in total. The third kappa shape index (κ3) is 5.16. The van der Waals surface area contributed by atoms with Crippen molar-refractivity contribution in [1.82, 2.24) is 14.9 Å². The Hall–Kier alpha value is -3.00. The lowest BCUT2D eigenvalue weighted by molar-refractivity contribution is 0.0683. The van der Waals surface area contributed by atoms with Crippen LogP contribution >= 0.6 is 0 Å². The number of anilines is 2. The van der Waals surface area contributed by atoms with Gasteiger partial charge in [0.15, 0.2) is 11.6 Å². The van der Waals surface area contributed by atoms with Gasteiger partial charge in [0.1, 0.15) is 5.69 Å². The Kier molecular flexibility index (Phi) is 7.23. The number of benzene rings is 1. The van der Waals surface area contributed by atoms with Crippen LogP contribution in [0.3, 0.4) is 0 Å². The van der Waals surface area contributed by atoms with Crippen molar-refractivity contribution in [2.24, 2.45) is 10.9 Å². The highest BCUT2D eigenvalue weighted by Crippen LogP contribution is 2.38. The highest BCUT2D eigenvalue weighted by Gasteiger charge is 2.29. The van der Waals surface area contributed by atoms with Gasteiger partial charge in [-0.3, -0.25) is 4.90 Å². The molecule has 1 aliphatic heterocycles. The molecule has 8 heteroatoms. The van der Waals surface area contributed by atoms with Crippen molar-refractivity contribution < 1.29 is 9.90 Å². The van der Waals surface area contributed by atoms with Crippen molar-refractivity contribution >= 4 is 30.0 Å². The maximum Gasteiger partial charge on any atom is 0.374 e. The Morgan fingerprint density at radius 1 is 1.24 bits per heavy atom. The number of rotatable bonds is 9. The van der Waals surface area contributed by atoms with Crippen molar-refractivity contribution in [2.45, 2.75) is 57.5 Å². The first-order valence-electron chi connectivity index (χ1n) is 11.9. The van der Waals surface area contributed by atoms with Gasteiger partial charge in [0, 0.05) is 25.7 Å².